The molecule has 1 saturated carbocycles. The van der Waals surface area contributed by atoms with Crippen LogP contribution < -0.4 is 11.1 Å². The Labute approximate surface area is 153 Å². The van der Waals surface area contributed by atoms with Crippen molar-refractivity contribution in [3.05, 3.63) is 30.5 Å². The average molecular weight is 370 g/mol. The fraction of sp³-hybridized carbons (Fsp3) is 0.294. The monoisotopic (exact) mass is 370 g/mol. The molecule has 8 nitrogen and oxygen atoms in total. The number of nitrogens with zero attached hydrogens (tertiary/aromatic N) is 3. The van der Waals surface area contributed by atoms with Crippen molar-refractivity contribution in [2.75, 3.05) is 0 Å². The molecule has 1 atom stereocenters. The summed E-state index contributed by atoms with van der Waals surface area (Å²) in [5.74, 6) is 0.344. The van der Waals surface area contributed by atoms with Gasteiger partial charge in [-0.25, -0.2) is 4.79 Å². The Hall–Kier alpha value is -2.81. The Morgan fingerprint density at radius 2 is 2.12 bits per heavy atom. The van der Waals surface area contributed by atoms with E-state index >= 15 is 0 Å². The first-order valence-electron chi connectivity index (χ1n) is 8.33. The van der Waals surface area contributed by atoms with Gasteiger partial charge in [0, 0.05) is 28.7 Å². The van der Waals surface area contributed by atoms with Gasteiger partial charge in [0.05, 0.1) is 5.25 Å². The van der Waals surface area contributed by atoms with Crippen molar-refractivity contribution in [2.24, 2.45) is 5.73 Å². The molecule has 2 heterocycles. The number of carbonyl (C=O) groups is 2. The molecule has 26 heavy (non-hydrogen) atoms. The molecule has 0 saturated heterocycles. The van der Waals surface area contributed by atoms with Crippen molar-refractivity contribution in [3.63, 3.8) is 0 Å². The predicted octanol–water partition coefficient (Wildman–Crippen LogP) is 2.44. The lowest BCUT2D eigenvalue weighted by atomic mass is 10.1. The van der Waals surface area contributed by atoms with Gasteiger partial charge in [-0.1, -0.05) is 30.0 Å². The van der Waals surface area contributed by atoms with Crippen molar-refractivity contribution in [1.29, 1.82) is 0 Å². The first-order chi connectivity index (χ1) is 12.5. The molecule has 4 N–H and O–H groups in total. The number of nitrogens with two attached hydrogens (primary N) is 1. The van der Waals surface area contributed by atoms with Crippen LogP contribution in [0.15, 0.2) is 35.6 Å². The Morgan fingerprint density at radius 1 is 1.35 bits per heavy atom. The highest BCUT2D eigenvalue weighted by Gasteiger charge is 2.32. The quantitative estimate of drug-likeness (QED) is 0.596. The average Bonchev–Trinajstić information content (AvgIpc) is 3.22. The molecule has 3 aromatic rings. The lowest BCUT2D eigenvalue weighted by Gasteiger charge is -2.12. The number of benzene rings is 1. The predicted molar refractivity (Wildman–Crippen MR) is 98.6 cm³/mol. The Balaban J connectivity index is 1.68. The summed E-state index contributed by atoms with van der Waals surface area (Å²) in [7, 11) is 0. The number of para-hydroxylation sites is 1. The molecule has 1 unspecified atom stereocenters. The van der Waals surface area contributed by atoms with E-state index < -0.39 is 17.2 Å². The molecule has 4 rings (SSSR count). The van der Waals surface area contributed by atoms with Crippen molar-refractivity contribution in [2.45, 2.75) is 36.2 Å². The maximum absolute atomic E-state index is 12.0. The maximum Gasteiger partial charge on any atom is 0.318 e. The minimum atomic E-state index is -0.856. The molecule has 134 valence electrons. The van der Waals surface area contributed by atoms with Crippen LogP contribution in [-0.4, -0.2) is 36.9 Å². The number of aromatic amines is 1. The lowest BCUT2D eigenvalue weighted by Crippen LogP contribution is -2.39. The fourth-order valence-electron chi connectivity index (χ4n) is 2.89. The van der Waals surface area contributed by atoms with Gasteiger partial charge in [-0.15, -0.1) is 10.2 Å². The van der Waals surface area contributed by atoms with Gasteiger partial charge in [0.15, 0.2) is 11.0 Å². The smallest absolute Gasteiger partial charge is 0.318 e. The molecule has 0 bridgehead atoms. The van der Waals surface area contributed by atoms with Crippen molar-refractivity contribution in [1.82, 2.24) is 25.1 Å². The zero-order chi connectivity index (χ0) is 18.3. The van der Waals surface area contributed by atoms with E-state index in [1.807, 2.05) is 30.5 Å². The lowest BCUT2D eigenvalue weighted by molar-refractivity contribution is -0.119. The van der Waals surface area contributed by atoms with Gasteiger partial charge in [-0.2, -0.15) is 0 Å². The topological polar surface area (TPSA) is 119 Å². The van der Waals surface area contributed by atoms with Crippen LogP contribution in [0, 0.1) is 0 Å². The Morgan fingerprint density at radius 3 is 2.85 bits per heavy atom. The molecule has 0 aliphatic heterocycles. The highest BCUT2D eigenvalue weighted by molar-refractivity contribution is 8.00. The summed E-state index contributed by atoms with van der Waals surface area (Å²) in [6.07, 6.45) is 4.05. The van der Waals surface area contributed by atoms with Gasteiger partial charge < -0.3 is 10.7 Å². The number of primary amides is 1. The Bertz CT molecular complexity index is 990. The van der Waals surface area contributed by atoms with Crippen LogP contribution >= 0.6 is 11.8 Å². The number of nitrogens with one attached hydrogen (secondary N) is 2. The summed E-state index contributed by atoms with van der Waals surface area (Å²) in [6, 6.07) is 7.51. The molecule has 1 aliphatic rings. The minimum Gasteiger partial charge on any atom is -0.360 e. The number of urea groups is 1. The number of hydrogen-bond donors (Lipinski definition) is 3. The summed E-state index contributed by atoms with van der Waals surface area (Å²) in [4.78, 5) is 26.1. The van der Waals surface area contributed by atoms with E-state index in [-0.39, 0.29) is 0 Å². The van der Waals surface area contributed by atoms with E-state index in [4.69, 9.17) is 5.73 Å². The second-order valence-electron chi connectivity index (χ2n) is 6.27. The number of H-pyrrole nitrogens is 1. The van der Waals surface area contributed by atoms with Crippen LogP contribution in [0.5, 0.6) is 0 Å². The van der Waals surface area contributed by atoms with E-state index in [0.717, 1.165) is 35.1 Å². The molecule has 9 heteroatoms. The molecule has 0 spiro atoms. The van der Waals surface area contributed by atoms with E-state index in [1.54, 1.807) is 6.92 Å². The van der Waals surface area contributed by atoms with Gasteiger partial charge in [0.25, 0.3) is 0 Å². The van der Waals surface area contributed by atoms with Crippen molar-refractivity contribution < 1.29 is 9.59 Å². The van der Waals surface area contributed by atoms with Crippen LogP contribution in [0.25, 0.3) is 22.3 Å². The third kappa shape index (κ3) is 3.05. The molecule has 2 aromatic heterocycles. The normalized spacial score (nSPS) is 15.1. The number of thioether (sulfide) groups is 1. The third-order valence-corrected chi connectivity index (χ3v) is 5.36. The number of imide groups is 1. The number of rotatable bonds is 5. The number of aromatic nitrogens is 4. The molecule has 1 aromatic carbocycles. The summed E-state index contributed by atoms with van der Waals surface area (Å²) in [5, 5.41) is 12.0. The molecule has 0 radical (unpaired) electrons. The van der Waals surface area contributed by atoms with Crippen LogP contribution in [0.2, 0.25) is 0 Å². The number of hydrogen-bond acceptors (Lipinski definition) is 5. The second-order valence-corrected chi connectivity index (χ2v) is 7.58. The third-order valence-electron chi connectivity index (χ3n) is 4.30. The highest BCUT2D eigenvalue weighted by atomic mass is 32.2. The molecule has 1 fully saturated rings. The van der Waals surface area contributed by atoms with E-state index in [9.17, 15) is 9.59 Å². The minimum absolute atomic E-state index is 0.336. The summed E-state index contributed by atoms with van der Waals surface area (Å²) in [6.45, 7) is 1.71. The maximum atomic E-state index is 12.0. The number of amides is 3. The second kappa shape index (κ2) is 6.49. The molecular formula is C17H18N6O2S. The fourth-order valence-corrected chi connectivity index (χ4v) is 3.81. The summed E-state index contributed by atoms with van der Waals surface area (Å²) >= 11 is 1.27. The van der Waals surface area contributed by atoms with E-state index in [2.05, 4.69) is 25.1 Å². The zero-order valence-corrected chi connectivity index (χ0v) is 14.9. The van der Waals surface area contributed by atoms with Crippen LogP contribution in [0.4, 0.5) is 4.79 Å². The highest BCUT2D eigenvalue weighted by Crippen LogP contribution is 2.42. The van der Waals surface area contributed by atoms with Crippen LogP contribution in [0.1, 0.15) is 25.8 Å². The van der Waals surface area contributed by atoms with Gasteiger partial charge in [0.2, 0.25) is 5.91 Å². The largest absolute Gasteiger partial charge is 0.360 e. The van der Waals surface area contributed by atoms with Crippen molar-refractivity contribution >= 4 is 34.6 Å². The number of fused-ring (bicyclic) bond motifs is 1. The van der Waals surface area contributed by atoms with E-state index in [1.165, 1.54) is 11.8 Å². The first-order valence-corrected chi connectivity index (χ1v) is 9.21. The summed E-state index contributed by atoms with van der Waals surface area (Å²) < 4.78 is 2.09. The van der Waals surface area contributed by atoms with Gasteiger partial charge in [-0.05, 0) is 25.8 Å². The molecular weight excluding hydrogens is 352 g/mol. The SMILES string of the molecule is CC(Sc1nnc(-c2c[nH]c3ccccc23)n1C1CC1)C(=O)NC(N)=O. The Kier molecular flexibility index (Phi) is 4.15. The van der Waals surface area contributed by atoms with Gasteiger partial charge in [0.1, 0.15) is 0 Å². The summed E-state index contributed by atoms with van der Waals surface area (Å²) in [5.41, 5.74) is 7.04. The standard InChI is InChI=1S/C17H18N6O2S/c1-9(15(24)20-16(18)25)26-17-22-21-14(23(17)10-6-7-10)12-8-19-13-5-3-2-4-11(12)13/h2-5,8-10,19H,6-7H2,1H3,(H3,18,20,24,25). The van der Waals surface area contributed by atoms with Gasteiger partial charge in [-0.3, -0.25) is 14.7 Å². The van der Waals surface area contributed by atoms with Crippen LogP contribution in [-0.2, 0) is 4.79 Å². The number of carbonyl (C=O) groups excluding carboxylic acids is 2. The van der Waals surface area contributed by atoms with Crippen LogP contribution in [0.3, 0.4) is 0 Å². The molecule has 1 aliphatic carbocycles. The van der Waals surface area contributed by atoms with Gasteiger partial charge >= 0.3 is 6.03 Å². The van der Waals surface area contributed by atoms with E-state index in [0.29, 0.717) is 11.2 Å². The van der Waals surface area contributed by atoms with Crippen molar-refractivity contribution in [3.8, 4) is 11.4 Å². The zero-order valence-electron chi connectivity index (χ0n) is 14.1. The molecule has 3 amide bonds. The first kappa shape index (κ1) is 16.6.